The zero-order valence-corrected chi connectivity index (χ0v) is 15.5. The number of amides is 1. The van der Waals surface area contributed by atoms with Crippen LogP contribution in [0.5, 0.6) is 0 Å². The summed E-state index contributed by atoms with van der Waals surface area (Å²) in [6.07, 6.45) is 0.791. The van der Waals surface area contributed by atoms with Crippen LogP contribution >= 0.6 is 0 Å². The van der Waals surface area contributed by atoms with Crippen LogP contribution in [0.15, 0.2) is 28.8 Å². The van der Waals surface area contributed by atoms with Gasteiger partial charge < -0.3 is 14.8 Å². The summed E-state index contributed by atoms with van der Waals surface area (Å²) < 4.78 is 5.22. The van der Waals surface area contributed by atoms with E-state index in [4.69, 9.17) is 4.52 Å². The Labute approximate surface area is 147 Å². The van der Waals surface area contributed by atoms with Gasteiger partial charge in [-0.3, -0.25) is 4.79 Å². The number of aryl methyl sites for hydroxylation is 3. The number of hydrogen-bond donors (Lipinski definition) is 2. The van der Waals surface area contributed by atoms with Gasteiger partial charge in [-0.25, -0.2) is 0 Å². The number of fused-ring (bicyclic) bond motifs is 1. The molecule has 0 saturated carbocycles. The van der Waals surface area contributed by atoms with E-state index in [9.17, 15) is 4.79 Å². The summed E-state index contributed by atoms with van der Waals surface area (Å²) in [6, 6.07) is 8.25. The van der Waals surface area contributed by atoms with E-state index in [0.29, 0.717) is 12.3 Å². The molecule has 2 N–H and O–H groups in total. The Kier molecular flexibility index (Phi) is 4.41. The van der Waals surface area contributed by atoms with Crippen molar-refractivity contribution >= 4 is 16.8 Å². The van der Waals surface area contributed by atoms with Crippen molar-refractivity contribution in [3.63, 3.8) is 0 Å². The minimum Gasteiger partial charge on any atom is -0.361 e. The maximum absolute atomic E-state index is 12.8. The number of nitrogens with one attached hydrogen (secondary N) is 2. The summed E-state index contributed by atoms with van der Waals surface area (Å²) in [5.41, 5.74) is 4.51. The Bertz CT molecular complexity index is 899. The van der Waals surface area contributed by atoms with Crippen LogP contribution in [0.25, 0.3) is 10.9 Å². The van der Waals surface area contributed by atoms with Gasteiger partial charge in [-0.15, -0.1) is 0 Å². The van der Waals surface area contributed by atoms with Gasteiger partial charge in [0.15, 0.2) is 0 Å². The highest BCUT2D eigenvalue weighted by Crippen LogP contribution is 2.29. The number of para-hydroxylation sites is 1. The first kappa shape index (κ1) is 17.3. The topological polar surface area (TPSA) is 70.9 Å². The second-order valence-corrected chi connectivity index (χ2v) is 7.10. The van der Waals surface area contributed by atoms with Crippen molar-refractivity contribution in [2.24, 2.45) is 0 Å². The van der Waals surface area contributed by atoms with E-state index in [-0.39, 0.29) is 5.91 Å². The number of rotatable bonds is 5. The third-order valence-electron chi connectivity index (χ3n) is 4.91. The number of carbonyl (C=O) groups excluding carboxylic acids is 1. The highest BCUT2D eigenvalue weighted by Gasteiger charge is 2.35. The molecule has 3 aromatic rings. The van der Waals surface area contributed by atoms with E-state index >= 15 is 0 Å². The van der Waals surface area contributed by atoms with E-state index < -0.39 is 5.41 Å². The maximum atomic E-state index is 12.8. The van der Waals surface area contributed by atoms with Gasteiger partial charge in [-0.2, -0.15) is 0 Å². The number of benzene rings is 1. The molecule has 5 heteroatoms. The molecule has 2 aromatic heterocycles. The molecule has 0 atom stereocenters. The van der Waals surface area contributed by atoms with Gasteiger partial charge in [0.2, 0.25) is 5.91 Å². The van der Waals surface area contributed by atoms with Crippen molar-refractivity contribution in [1.82, 2.24) is 15.5 Å². The quantitative estimate of drug-likeness (QED) is 0.744. The lowest BCUT2D eigenvalue weighted by Crippen LogP contribution is -2.41. The molecular weight excluding hydrogens is 314 g/mol. The molecule has 5 nitrogen and oxygen atoms in total. The monoisotopic (exact) mass is 339 g/mol. The van der Waals surface area contributed by atoms with Gasteiger partial charge in [-0.1, -0.05) is 23.4 Å². The highest BCUT2D eigenvalue weighted by atomic mass is 16.5. The molecule has 0 bridgehead atoms. The molecule has 3 rings (SSSR count). The first-order valence-corrected chi connectivity index (χ1v) is 8.60. The van der Waals surface area contributed by atoms with Crippen molar-refractivity contribution in [2.45, 2.75) is 46.5 Å². The van der Waals surface area contributed by atoms with Gasteiger partial charge in [0.1, 0.15) is 5.76 Å². The molecule has 0 radical (unpaired) electrons. The Morgan fingerprint density at radius 3 is 2.64 bits per heavy atom. The average Bonchev–Trinajstić information content (AvgIpc) is 3.07. The van der Waals surface area contributed by atoms with Crippen molar-refractivity contribution in [3.05, 3.63) is 52.5 Å². The number of carbonyl (C=O) groups is 1. The molecule has 0 aliphatic heterocycles. The van der Waals surface area contributed by atoms with E-state index in [1.807, 2.05) is 39.8 Å². The number of nitrogens with zero attached hydrogens (tertiary/aromatic N) is 1. The molecule has 132 valence electrons. The molecule has 0 unspecified atom stereocenters. The third-order valence-corrected chi connectivity index (χ3v) is 4.91. The first-order valence-electron chi connectivity index (χ1n) is 8.60. The maximum Gasteiger partial charge on any atom is 0.230 e. The van der Waals surface area contributed by atoms with Crippen LogP contribution in [0.2, 0.25) is 0 Å². The molecule has 25 heavy (non-hydrogen) atoms. The van der Waals surface area contributed by atoms with Gasteiger partial charge in [0.25, 0.3) is 0 Å². The van der Waals surface area contributed by atoms with Crippen LogP contribution in [-0.4, -0.2) is 22.6 Å². The van der Waals surface area contributed by atoms with Gasteiger partial charge in [0, 0.05) is 28.7 Å². The molecule has 0 aliphatic carbocycles. The number of H-pyrrole nitrogens is 1. The summed E-state index contributed by atoms with van der Waals surface area (Å²) in [5, 5.41) is 8.27. The fraction of sp³-hybridized carbons (Fsp3) is 0.400. The minimum absolute atomic E-state index is 0.0144. The van der Waals surface area contributed by atoms with Crippen LogP contribution in [0.4, 0.5) is 0 Å². The van der Waals surface area contributed by atoms with Gasteiger partial charge >= 0.3 is 0 Å². The fourth-order valence-electron chi connectivity index (χ4n) is 3.67. The molecule has 0 spiro atoms. The first-order chi connectivity index (χ1) is 11.8. The standard InChI is InChI=1S/C20H25N3O2/c1-12-15(16-8-6-7-9-17(16)22-12)10-11-21-19(24)20(4,5)18-13(2)23-25-14(18)3/h6-9,22H,10-11H2,1-5H3,(H,21,24). The van der Waals surface area contributed by atoms with Crippen LogP contribution in [0.3, 0.4) is 0 Å². The van der Waals surface area contributed by atoms with Crippen molar-refractivity contribution in [1.29, 1.82) is 0 Å². The Morgan fingerprint density at radius 2 is 1.96 bits per heavy atom. The molecule has 0 fully saturated rings. The second kappa shape index (κ2) is 6.39. The predicted octanol–water partition coefficient (Wildman–Crippen LogP) is 3.72. The molecule has 2 heterocycles. The van der Waals surface area contributed by atoms with Crippen molar-refractivity contribution in [2.75, 3.05) is 6.54 Å². The SMILES string of the molecule is Cc1noc(C)c1C(C)(C)C(=O)NCCc1c(C)[nH]c2ccccc12. The summed E-state index contributed by atoms with van der Waals surface area (Å²) in [7, 11) is 0. The number of hydrogen-bond acceptors (Lipinski definition) is 3. The fourth-order valence-corrected chi connectivity index (χ4v) is 3.67. The smallest absolute Gasteiger partial charge is 0.230 e. The predicted molar refractivity (Wildman–Crippen MR) is 98.8 cm³/mol. The summed E-state index contributed by atoms with van der Waals surface area (Å²) in [4.78, 5) is 16.2. The number of aromatic nitrogens is 2. The molecule has 1 aromatic carbocycles. The second-order valence-electron chi connectivity index (χ2n) is 7.10. The number of aromatic amines is 1. The lowest BCUT2D eigenvalue weighted by atomic mass is 9.82. The van der Waals surface area contributed by atoms with Crippen LogP contribution < -0.4 is 5.32 Å². The lowest BCUT2D eigenvalue weighted by Gasteiger charge is -2.23. The summed E-state index contributed by atoms with van der Waals surface area (Å²) in [6.45, 7) is 10.2. The zero-order valence-electron chi connectivity index (χ0n) is 15.5. The van der Waals surface area contributed by atoms with Gasteiger partial charge in [0.05, 0.1) is 11.1 Å². The van der Waals surface area contributed by atoms with E-state index in [2.05, 4.69) is 34.5 Å². The minimum atomic E-state index is -0.677. The highest BCUT2D eigenvalue weighted by molar-refractivity contribution is 5.88. The largest absolute Gasteiger partial charge is 0.361 e. The average molecular weight is 339 g/mol. The van der Waals surface area contributed by atoms with Crippen LogP contribution in [0.1, 0.15) is 42.1 Å². The van der Waals surface area contributed by atoms with E-state index in [1.165, 1.54) is 10.9 Å². The van der Waals surface area contributed by atoms with Crippen molar-refractivity contribution < 1.29 is 9.32 Å². The molecule has 0 saturated heterocycles. The Morgan fingerprint density at radius 1 is 1.24 bits per heavy atom. The molecular formula is C20H25N3O2. The summed E-state index contributed by atoms with van der Waals surface area (Å²) >= 11 is 0. The van der Waals surface area contributed by atoms with Crippen LogP contribution in [-0.2, 0) is 16.6 Å². The van der Waals surface area contributed by atoms with Gasteiger partial charge in [-0.05, 0) is 52.7 Å². The Balaban J connectivity index is 1.71. The van der Waals surface area contributed by atoms with E-state index in [0.717, 1.165) is 28.9 Å². The Hall–Kier alpha value is -2.56. The van der Waals surface area contributed by atoms with Crippen LogP contribution in [0, 0.1) is 20.8 Å². The van der Waals surface area contributed by atoms with E-state index in [1.54, 1.807) is 0 Å². The normalized spacial score (nSPS) is 11.9. The molecule has 0 aliphatic rings. The summed E-state index contributed by atoms with van der Waals surface area (Å²) in [5.74, 6) is 0.685. The van der Waals surface area contributed by atoms with Crippen molar-refractivity contribution in [3.8, 4) is 0 Å². The molecule has 1 amide bonds. The third kappa shape index (κ3) is 3.06. The zero-order chi connectivity index (χ0) is 18.2. The lowest BCUT2D eigenvalue weighted by molar-refractivity contribution is -0.125.